The van der Waals surface area contributed by atoms with Crippen LogP contribution in [0.25, 0.3) is 0 Å². The molecule has 0 aromatic carbocycles. The molecule has 1 aromatic rings. The first-order valence-electron chi connectivity index (χ1n) is 7.07. The number of nitrogens with zero attached hydrogens (tertiary/aromatic N) is 3. The smallest absolute Gasteiger partial charge is 0.223 e. The first kappa shape index (κ1) is 14.2. The fourth-order valence-corrected chi connectivity index (χ4v) is 3.17. The van der Waals surface area contributed by atoms with Crippen molar-refractivity contribution < 1.29 is 4.79 Å². The third-order valence-corrected chi connectivity index (χ3v) is 4.18. The van der Waals surface area contributed by atoms with Gasteiger partial charge in [-0.2, -0.15) is 0 Å². The van der Waals surface area contributed by atoms with E-state index in [0.29, 0.717) is 18.9 Å². The molecule has 1 amide bonds. The first-order valence-corrected chi connectivity index (χ1v) is 7.88. The zero-order valence-electron chi connectivity index (χ0n) is 11.7. The summed E-state index contributed by atoms with van der Waals surface area (Å²) in [5.41, 5.74) is 0. The SMILES string of the molecule is CCCNc1nnc(CN2CC(CCC)CC2=O)s1. The maximum Gasteiger partial charge on any atom is 0.223 e. The fraction of sp³-hybridized carbons (Fsp3) is 0.769. The minimum Gasteiger partial charge on any atom is -0.360 e. The van der Waals surface area contributed by atoms with Gasteiger partial charge in [0.1, 0.15) is 5.01 Å². The number of anilines is 1. The van der Waals surface area contributed by atoms with Gasteiger partial charge in [0, 0.05) is 19.5 Å². The topological polar surface area (TPSA) is 58.1 Å². The van der Waals surface area contributed by atoms with Crippen LogP contribution in [0.2, 0.25) is 0 Å². The van der Waals surface area contributed by atoms with Crippen molar-refractivity contribution in [3.63, 3.8) is 0 Å². The molecule has 1 aromatic heterocycles. The minimum atomic E-state index is 0.261. The van der Waals surface area contributed by atoms with Gasteiger partial charge in [-0.15, -0.1) is 10.2 Å². The number of nitrogens with one attached hydrogen (secondary N) is 1. The van der Waals surface area contributed by atoms with Gasteiger partial charge in [0.25, 0.3) is 0 Å². The highest BCUT2D eigenvalue weighted by Crippen LogP contribution is 2.25. The van der Waals surface area contributed by atoms with Crippen molar-refractivity contribution >= 4 is 22.4 Å². The Bertz CT molecular complexity index is 421. The van der Waals surface area contributed by atoms with Crippen molar-refractivity contribution in [1.82, 2.24) is 15.1 Å². The lowest BCUT2D eigenvalue weighted by Gasteiger charge is -2.14. The molecule has 1 aliphatic rings. The summed E-state index contributed by atoms with van der Waals surface area (Å²) in [6.45, 7) is 6.69. The van der Waals surface area contributed by atoms with Gasteiger partial charge in [-0.1, -0.05) is 31.6 Å². The number of hydrogen-bond donors (Lipinski definition) is 1. The maximum absolute atomic E-state index is 11.9. The standard InChI is InChI=1S/C13H22N4OS/c1-3-5-10-7-12(18)17(8-10)9-11-15-16-13(19-11)14-6-4-2/h10H,3-9H2,1-2H3,(H,14,16). The zero-order chi connectivity index (χ0) is 13.7. The summed E-state index contributed by atoms with van der Waals surface area (Å²) in [5, 5.41) is 13.2. The Morgan fingerprint density at radius 3 is 2.95 bits per heavy atom. The lowest BCUT2D eigenvalue weighted by atomic mass is 10.0. The Morgan fingerprint density at radius 2 is 2.21 bits per heavy atom. The average molecular weight is 282 g/mol. The van der Waals surface area contributed by atoms with Crippen molar-refractivity contribution in [2.75, 3.05) is 18.4 Å². The van der Waals surface area contributed by atoms with Crippen LogP contribution in [0.15, 0.2) is 0 Å². The molecule has 1 aliphatic heterocycles. The van der Waals surface area contributed by atoms with Crippen LogP contribution in [0.4, 0.5) is 5.13 Å². The fourth-order valence-electron chi connectivity index (χ4n) is 2.39. The van der Waals surface area contributed by atoms with Crippen LogP contribution in [0.5, 0.6) is 0 Å². The van der Waals surface area contributed by atoms with Gasteiger partial charge in [-0.25, -0.2) is 0 Å². The second kappa shape index (κ2) is 6.84. The number of aromatic nitrogens is 2. The summed E-state index contributed by atoms with van der Waals surface area (Å²) in [7, 11) is 0. The summed E-state index contributed by atoms with van der Waals surface area (Å²) in [5.74, 6) is 0.792. The van der Waals surface area contributed by atoms with E-state index in [4.69, 9.17) is 0 Å². The van der Waals surface area contributed by atoms with Crippen LogP contribution >= 0.6 is 11.3 Å². The molecule has 0 radical (unpaired) electrons. The first-order chi connectivity index (χ1) is 9.22. The molecule has 0 spiro atoms. The Labute approximate surface area is 118 Å². The second-order valence-corrected chi connectivity index (χ2v) is 6.12. The predicted octanol–water partition coefficient (Wildman–Crippen LogP) is 2.51. The lowest BCUT2D eigenvalue weighted by molar-refractivity contribution is -0.128. The number of likely N-dealkylation sites (tertiary alicyclic amines) is 1. The van der Waals surface area contributed by atoms with Crippen molar-refractivity contribution in [2.45, 2.75) is 46.1 Å². The maximum atomic E-state index is 11.9. The van der Waals surface area contributed by atoms with Crippen molar-refractivity contribution in [2.24, 2.45) is 5.92 Å². The molecule has 2 rings (SSSR count). The summed E-state index contributed by atoms with van der Waals surface area (Å²) >= 11 is 1.55. The normalized spacial score (nSPS) is 19.2. The second-order valence-electron chi connectivity index (χ2n) is 5.06. The van der Waals surface area contributed by atoms with Gasteiger partial charge in [0.2, 0.25) is 11.0 Å². The Hall–Kier alpha value is -1.17. The van der Waals surface area contributed by atoms with Crippen LogP contribution in [0, 0.1) is 5.92 Å². The average Bonchev–Trinajstić information content (AvgIpc) is 2.96. The van der Waals surface area contributed by atoms with Gasteiger partial charge in [-0.3, -0.25) is 4.79 Å². The molecule has 1 atom stereocenters. The minimum absolute atomic E-state index is 0.261. The monoisotopic (exact) mass is 282 g/mol. The molecule has 1 N–H and O–H groups in total. The number of carbonyl (C=O) groups excluding carboxylic acids is 1. The van der Waals surface area contributed by atoms with E-state index < -0.39 is 0 Å². The summed E-state index contributed by atoms with van der Waals surface area (Å²) in [4.78, 5) is 13.8. The summed E-state index contributed by atoms with van der Waals surface area (Å²) in [6, 6.07) is 0. The molecular formula is C13H22N4OS. The number of rotatable bonds is 7. The molecule has 0 aliphatic carbocycles. The number of hydrogen-bond acceptors (Lipinski definition) is 5. The van der Waals surface area contributed by atoms with Gasteiger partial charge in [0.05, 0.1) is 6.54 Å². The largest absolute Gasteiger partial charge is 0.360 e. The van der Waals surface area contributed by atoms with Crippen LogP contribution in [0.3, 0.4) is 0 Å². The zero-order valence-corrected chi connectivity index (χ0v) is 12.5. The van der Waals surface area contributed by atoms with E-state index in [9.17, 15) is 4.79 Å². The molecule has 6 heteroatoms. The van der Waals surface area contributed by atoms with Crippen LogP contribution in [-0.2, 0) is 11.3 Å². The molecule has 0 bridgehead atoms. The highest BCUT2D eigenvalue weighted by Gasteiger charge is 2.29. The Balaban J connectivity index is 1.87. The molecule has 106 valence electrons. The molecule has 19 heavy (non-hydrogen) atoms. The van der Waals surface area contributed by atoms with Crippen molar-refractivity contribution in [3.8, 4) is 0 Å². The number of amides is 1. The van der Waals surface area contributed by atoms with Crippen LogP contribution in [-0.4, -0.2) is 34.1 Å². The van der Waals surface area contributed by atoms with E-state index >= 15 is 0 Å². The van der Waals surface area contributed by atoms with E-state index in [1.165, 1.54) is 0 Å². The molecule has 1 fully saturated rings. The lowest BCUT2D eigenvalue weighted by Crippen LogP contribution is -2.24. The van der Waals surface area contributed by atoms with E-state index in [1.807, 2.05) is 4.90 Å². The van der Waals surface area contributed by atoms with E-state index in [-0.39, 0.29) is 5.91 Å². The van der Waals surface area contributed by atoms with Crippen molar-refractivity contribution in [3.05, 3.63) is 5.01 Å². The Kier molecular flexibility index (Phi) is 5.13. The molecule has 0 saturated carbocycles. The van der Waals surface area contributed by atoms with E-state index in [1.54, 1.807) is 11.3 Å². The van der Waals surface area contributed by atoms with E-state index in [2.05, 4.69) is 29.4 Å². The van der Waals surface area contributed by atoms with Gasteiger partial charge in [0.15, 0.2) is 0 Å². The molecular weight excluding hydrogens is 260 g/mol. The summed E-state index contributed by atoms with van der Waals surface area (Å²) < 4.78 is 0. The van der Waals surface area contributed by atoms with Gasteiger partial charge < -0.3 is 10.2 Å². The number of carbonyl (C=O) groups is 1. The Morgan fingerprint density at radius 1 is 1.37 bits per heavy atom. The molecule has 5 nitrogen and oxygen atoms in total. The van der Waals surface area contributed by atoms with Crippen LogP contribution < -0.4 is 5.32 Å². The van der Waals surface area contributed by atoms with Crippen molar-refractivity contribution in [1.29, 1.82) is 0 Å². The quantitative estimate of drug-likeness (QED) is 0.835. The van der Waals surface area contributed by atoms with E-state index in [0.717, 1.165) is 42.5 Å². The highest BCUT2D eigenvalue weighted by atomic mass is 32.1. The predicted molar refractivity (Wildman–Crippen MR) is 77.1 cm³/mol. The highest BCUT2D eigenvalue weighted by molar-refractivity contribution is 7.15. The summed E-state index contributed by atoms with van der Waals surface area (Å²) in [6.07, 6.45) is 4.06. The molecule has 1 saturated heterocycles. The van der Waals surface area contributed by atoms with Gasteiger partial charge >= 0.3 is 0 Å². The molecule has 1 unspecified atom stereocenters. The third-order valence-electron chi connectivity index (χ3n) is 3.31. The molecule has 2 heterocycles. The third kappa shape index (κ3) is 3.89. The van der Waals surface area contributed by atoms with Crippen LogP contribution in [0.1, 0.15) is 44.5 Å². The van der Waals surface area contributed by atoms with Gasteiger partial charge in [-0.05, 0) is 18.8 Å².